The van der Waals surface area contributed by atoms with Crippen molar-refractivity contribution in [1.29, 1.82) is 0 Å². The molecule has 0 saturated heterocycles. The molecular weight excluding hydrogens is 212 g/mol. The van der Waals surface area contributed by atoms with Crippen LogP contribution in [0.15, 0.2) is 0 Å². The molecular formula is C8H22CrO4. The monoisotopic (exact) mass is 234 g/mol. The Morgan fingerprint density at radius 1 is 0.615 bits per heavy atom. The van der Waals surface area contributed by atoms with Crippen LogP contribution < -0.4 is 10.2 Å². The van der Waals surface area contributed by atoms with Crippen molar-refractivity contribution in [2.75, 3.05) is 0 Å². The summed E-state index contributed by atoms with van der Waals surface area (Å²) in [5.41, 5.74) is -1.50. The van der Waals surface area contributed by atoms with E-state index in [2.05, 4.69) is 0 Å². The van der Waals surface area contributed by atoms with E-state index in [1.54, 1.807) is 41.5 Å². The number of rotatable bonds is 0. The minimum Gasteiger partial charge on any atom is -0.850 e. The van der Waals surface area contributed by atoms with Crippen LogP contribution in [-0.2, 0) is 17.4 Å². The molecule has 5 heteroatoms. The smallest absolute Gasteiger partial charge is 0.850 e. The van der Waals surface area contributed by atoms with Gasteiger partial charge in [-0.05, 0) is 0 Å². The summed E-state index contributed by atoms with van der Waals surface area (Å²) in [5, 5.41) is 20.2. The third-order valence-corrected chi connectivity index (χ3v) is 0. The molecule has 84 valence electrons. The van der Waals surface area contributed by atoms with Crippen molar-refractivity contribution >= 4 is 0 Å². The normalized spacial score (nSPS) is 9.23. The topological polar surface area (TPSA) is 109 Å². The molecule has 0 aromatic heterocycles. The Kier molecular flexibility index (Phi) is 23.5. The van der Waals surface area contributed by atoms with Gasteiger partial charge in [0.15, 0.2) is 0 Å². The third kappa shape index (κ3) is 9590. The maximum absolute atomic E-state index is 10.1. The first-order valence-corrected chi connectivity index (χ1v) is 3.41. The average molecular weight is 234 g/mol. The van der Waals surface area contributed by atoms with Gasteiger partial charge in [0.05, 0.1) is 0 Å². The van der Waals surface area contributed by atoms with Crippen LogP contribution in [0.4, 0.5) is 0 Å². The summed E-state index contributed by atoms with van der Waals surface area (Å²) in [5.74, 6) is 0. The van der Waals surface area contributed by atoms with Gasteiger partial charge in [0.2, 0.25) is 0 Å². The van der Waals surface area contributed by atoms with Gasteiger partial charge in [0, 0.05) is 0 Å². The summed E-state index contributed by atoms with van der Waals surface area (Å²) in [6.07, 6.45) is 0. The fourth-order valence-electron chi connectivity index (χ4n) is 0. The van der Waals surface area contributed by atoms with E-state index in [1.807, 2.05) is 0 Å². The quantitative estimate of drug-likeness (QED) is 0.515. The van der Waals surface area contributed by atoms with Crippen LogP contribution in [0, 0.1) is 0 Å². The standard InChI is InChI=1S/2C4H9O.Cr.2H2O/c2*1-4(2,3)5;;;/h2*1-3H3;;2*1H2/q2*-1;+2;;. The minimum atomic E-state index is -0.750. The van der Waals surface area contributed by atoms with Crippen molar-refractivity contribution in [3.63, 3.8) is 0 Å². The van der Waals surface area contributed by atoms with Gasteiger partial charge in [-0.15, -0.1) is 11.2 Å². The second-order valence-corrected chi connectivity index (χ2v) is 4.22. The molecule has 0 aliphatic heterocycles. The molecule has 0 amide bonds. The van der Waals surface area contributed by atoms with E-state index in [-0.39, 0.29) is 28.3 Å². The van der Waals surface area contributed by atoms with Gasteiger partial charge in [-0.2, -0.15) is 0 Å². The summed E-state index contributed by atoms with van der Waals surface area (Å²) in [6.45, 7) is 9.79. The van der Waals surface area contributed by atoms with Crippen LogP contribution in [0.5, 0.6) is 0 Å². The second kappa shape index (κ2) is 10.5. The van der Waals surface area contributed by atoms with Crippen molar-refractivity contribution in [2.24, 2.45) is 0 Å². The summed E-state index contributed by atoms with van der Waals surface area (Å²) >= 11 is 0. The molecule has 0 heterocycles. The number of hydrogen-bond donors (Lipinski definition) is 0. The zero-order valence-corrected chi connectivity index (χ0v) is 10.5. The molecule has 0 atom stereocenters. The minimum absolute atomic E-state index is 0. The molecule has 0 aromatic rings. The molecule has 13 heavy (non-hydrogen) atoms. The van der Waals surface area contributed by atoms with Gasteiger partial charge >= 0.3 is 17.4 Å². The van der Waals surface area contributed by atoms with E-state index in [4.69, 9.17) is 0 Å². The Bertz CT molecular complexity index is 59.1. The maximum Gasteiger partial charge on any atom is 2.00 e. The van der Waals surface area contributed by atoms with E-state index in [0.29, 0.717) is 0 Å². The van der Waals surface area contributed by atoms with Crippen molar-refractivity contribution in [3.05, 3.63) is 0 Å². The zero-order chi connectivity index (χ0) is 9.00. The maximum atomic E-state index is 10.1. The van der Waals surface area contributed by atoms with E-state index in [1.165, 1.54) is 0 Å². The average Bonchev–Trinajstić information content (AvgIpc) is 1.12. The zero-order valence-electron chi connectivity index (χ0n) is 9.22. The largest absolute Gasteiger partial charge is 2.00 e. The van der Waals surface area contributed by atoms with Gasteiger partial charge in [0.1, 0.15) is 0 Å². The Hall–Kier alpha value is 0.372. The van der Waals surface area contributed by atoms with Crippen LogP contribution in [0.1, 0.15) is 41.5 Å². The first kappa shape index (κ1) is 29.2. The van der Waals surface area contributed by atoms with E-state index in [0.717, 1.165) is 0 Å². The second-order valence-electron chi connectivity index (χ2n) is 4.22. The van der Waals surface area contributed by atoms with Crippen molar-refractivity contribution in [1.82, 2.24) is 0 Å². The molecule has 4 N–H and O–H groups in total. The molecule has 4 nitrogen and oxygen atoms in total. The van der Waals surface area contributed by atoms with E-state index >= 15 is 0 Å². The van der Waals surface area contributed by atoms with Crippen LogP contribution in [-0.4, -0.2) is 22.2 Å². The summed E-state index contributed by atoms with van der Waals surface area (Å²) in [7, 11) is 0. The molecule has 0 fully saturated rings. The Morgan fingerprint density at radius 3 is 0.615 bits per heavy atom. The number of hydrogen-bond acceptors (Lipinski definition) is 2. The van der Waals surface area contributed by atoms with Crippen LogP contribution in [0.25, 0.3) is 0 Å². The van der Waals surface area contributed by atoms with Gasteiger partial charge < -0.3 is 21.2 Å². The predicted molar refractivity (Wildman–Crippen MR) is 46.7 cm³/mol. The molecule has 0 unspecified atom stereocenters. The van der Waals surface area contributed by atoms with Crippen molar-refractivity contribution in [2.45, 2.75) is 52.7 Å². The molecule has 0 rings (SSSR count). The van der Waals surface area contributed by atoms with E-state index in [9.17, 15) is 10.2 Å². The molecule has 0 radical (unpaired) electrons. The first-order chi connectivity index (χ1) is 4.00. The van der Waals surface area contributed by atoms with Crippen LogP contribution in [0.2, 0.25) is 0 Å². The molecule has 0 aliphatic carbocycles. The molecule has 0 aromatic carbocycles. The molecule has 0 spiro atoms. The molecule has 0 saturated carbocycles. The van der Waals surface area contributed by atoms with Crippen molar-refractivity contribution < 1.29 is 38.5 Å². The van der Waals surface area contributed by atoms with Crippen molar-refractivity contribution in [3.8, 4) is 0 Å². The van der Waals surface area contributed by atoms with Gasteiger partial charge in [0.25, 0.3) is 0 Å². The summed E-state index contributed by atoms with van der Waals surface area (Å²) in [6, 6.07) is 0. The molecule has 0 bridgehead atoms. The first-order valence-electron chi connectivity index (χ1n) is 3.41. The Labute approximate surface area is 91.7 Å². The Morgan fingerprint density at radius 2 is 0.615 bits per heavy atom. The predicted octanol–water partition coefficient (Wildman–Crippen LogP) is -1.36. The van der Waals surface area contributed by atoms with Crippen LogP contribution in [0.3, 0.4) is 0 Å². The third-order valence-electron chi connectivity index (χ3n) is 0. The van der Waals surface area contributed by atoms with Gasteiger partial charge in [-0.25, -0.2) is 0 Å². The summed E-state index contributed by atoms with van der Waals surface area (Å²) < 4.78 is 0. The SMILES string of the molecule is CC(C)(C)[O-].CC(C)(C)[O-].O.O.[Cr+2]. The van der Waals surface area contributed by atoms with Gasteiger partial charge in [-0.3, -0.25) is 0 Å². The van der Waals surface area contributed by atoms with Gasteiger partial charge in [-0.1, -0.05) is 41.5 Å². The fourth-order valence-corrected chi connectivity index (χ4v) is 0. The van der Waals surface area contributed by atoms with E-state index < -0.39 is 11.2 Å². The molecule has 0 aliphatic rings. The van der Waals surface area contributed by atoms with Crippen LogP contribution >= 0.6 is 0 Å². The fraction of sp³-hybridized carbons (Fsp3) is 1.00. The summed E-state index contributed by atoms with van der Waals surface area (Å²) in [4.78, 5) is 0. The Balaban J connectivity index is -0.0000000267.